The van der Waals surface area contributed by atoms with Gasteiger partial charge < -0.3 is 44.3 Å². The lowest BCUT2D eigenvalue weighted by molar-refractivity contribution is -0.975. The highest BCUT2D eigenvalue weighted by Gasteiger charge is 2.95. The normalized spacial score (nSPS) is 51.0. The first-order valence-corrected chi connectivity index (χ1v) is 15.2. The first-order chi connectivity index (χ1) is 20.0. The van der Waals surface area contributed by atoms with Gasteiger partial charge in [-0.1, -0.05) is 12.1 Å². The molecule has 5 saturated carbocycles. The fourth-order valence-corrected chi connectivity index (χ4v) is 11.8. The summed E-state index contributed by atoms with van der Waals surface area (Å²) in [5, 5.41) is 43.7. The van der Waals surface area contributed by atoms with Gasteiger partial charge in [0.25, 0.3) is 5.72 Å². The number of aliphatic hydroxyl groups is 2. The molecule has 0 radical (unpaired) electrons. The van der Waals surface area contributed by atoms with Crippen molar-refractivity contribution >= 4 is 17.6 Å². The summed E-state index contributed by atoms with van der Waals surface area (Å²) < 4.78 is 23.8. The molecule has 230 valence electrons. The lowest BCUT2D eigenvalue weighted by Gasteiger charge is -2.65. The number of esters is 1. The molecule has 0 unspecified atom stereocenters. The van der Waals surface area contributed by atoms with Gasteiger partial charge in [-0.3, -0.25) is 4.79 Å². The van der Waals surface area contributed by atoms with E-state index in [2.05, 4.69) is 5.32 Å². The number of hydrogen-bond acceptors (Lipinski definition) is 9. The molecule has 6 aliphatic rings. The van der Waals surface area contributed by atoms with E-state index in [4.69, 9.17) is 18.9 Å². The summed E-state index contributed by atoms with van der Waals surface area (Å²) in [6, 6.07) is 5.98. The summed E-state index contributed by atoms with van der Waals surface area (Å²) in [6.45, 7) is 3.31. The molecule has 0 aromatic heterocycles. The number of nitrogens with one attached hydrogen (secondary N) is 1. The average molecular weight is 587 g/mol. The summed E-state index contributed by atoms with van der Waals surface area (Å²) >= 11 is 0. The zero-order valence-electron chi connectivity index (χ0n) is 24.9. The Morgan fingerprint density at radius 2 is 1.83 bits per heavy atom. The highest BCUT2D eigenvalue weighted by atomic mass is 16.7. The van der Waals surface area contributed by atoms with Gasteiger partial charge in [-0.2, -0.15) is 0 Å². The summed E-state index contributed by atoms with van der Waals surface area (Å²) in [4.78, 5) is 25.9. The molecule has 11 nitrogen and oxygen atoms in total. The molecule has 1 spiro atoms. The van der Waals surface area contributed by atoms with Crippen LogP contribution in [0.1, 0.15) is 56.3 Å². The fraction of sp³-hybridized carbons (Fsp3) is 0.742. The predicted octanol–water partition coefficient (Wildman–Crippen LogP) is 2.19. The van der Waals surface area contributed by atoms with Gasteiger partial charge in [0, 0.05) is 58.8 Å². The number of nitrogens with zero attached hydrogens (tertiary/aromatic N) is 1. The molecule has 1 amide bonds. The monoisotopic (exact) mass is 586 g/mol. The van der Waals surface area contributed by atoms with Gasteiger partial charge >= 0.3 is 5.97 Å². The minimum absolute atomic E-state index is 0.128. The van der Waals surface area contributed by atoms with E-state index in [-0.39, 0.29) is 42.6 Å². The van der Waals surface area contributed by atoms with Gasteiger partial charge in [0.05, 0.1) is 47.4 Å². The first kappa shape index (κ1) is 28.6. The molecule has 1 aromatic carbocycles. The zero-order valence-corrected chi connectivity index (χ0v) is 24.9. The van der Waals surface area contributed by atoms with E-state index in [1.54, 1.807) is 45.6 Å². The van der Waals surface area contributed by atoms with Crippen molar-refractivity contribution in [2.24, 2.45) is 29.1 Å². The fourth-order valence-electron chi connectivity index (χ4n) is 11.8. The van der Waals surface area contributed by atoms with Gasteiger partial charge in [0.15, 0.2) is 0 Å². The highest BCUT2D eigenvalue weighted by Crippen LogP contribution is 2.83. The number of amides is 1. The maximum absolute atomic E-state index is 15.6. The molecule has 7 rings (SSSR count). The molecular weight excluding hydrogens is 544 g/mol. The number of fused-ring (bicyclic) bond motifs is 2. The van der Waals surface area contributed by atoms with E-state index in [0.717, 1.165) is 0 Å². The number of benzene rings is 1. The van der Waals surface area contributed by atoms with Gasteiger partial charge in [-0.25, -0.2) is 4.79 Å². The van der Waals surface area contributed by atoms with Crippen molar-refractivity contribution in [1.29, 1.82) is 0 Å². The van der Waals surface area contributed by atoms with Crippen LogP contribution in [0.3, 0.4) is 0 Å². The summed E-state index contributed by atoms with van der Waals surface area (Å²) in [6.07, 6.45) is 0.547. The van der Waals surface area contributed by atoms with Crippen molar-refractivity contribution < 1.29 is 43.4 Å². The minimum Gasteiger partial charge on any atom is -0.630 e. The number of methoxy groups -OCH3 is 3. The highest BCUT2D eigenvalue weighted by molar-refractivity contribution is 6.00. The summed E-state index contributed by atoms with van der Waals surface area (Å²) in [5.74, 6) is -2.70. The zero-order chi connectivity index (χ0) is 30.0. The molecule has 5 aliphatic carbocycles. The van der Waals surface area contributed by atoms with E-state index in [1.165, 1.54) is 6.92 Å². The van der Waals surface area contributed by atoms with Crippen LogP contribution in [0.25, 0.3) is 0 Å². The maximum Gasteiger partial charge on any atom is 0.344 e. The molecule has 3 N–H and O–H groups in total. The second kappa shape index (κ2) is 8.97. The maximum atomic E-state index is 15.6. The van der Waals surface area contributed by atoms with Crippen LogP contribution in [0.4, 0.5) is 5.69 Å². The number of likely N-dealkylation sites (tertiary alicyclic amines) is 1. The number of piperidine rings is 1. The molecule has 1 aliphatic heterocycles. The Balaban J connectivity index is 1.40. The van der Waals surface area contributed by atoms with E-state index < -0.39 is 62.9 Å². The number of quaternary nitrogens is 1. The lowest BCUT2D eigenvalue weighted by atomic mass is 9.48. The molecule has 6 fully saturated rings. The Labute approximate surface area is 245 Å². The van der Waals surface area contributed by atoms with E-state index in [1.807, 2.05) is 6.92 Å². The van der Waals surface area contributed by atoms with E-state index >= 15 is 5.21 Å². The Morgan fingerprint density at radius 1 is 1.10 bits per heavy atom. The van der Waals surface area contributed by atoms with Crippen LogP contribution in [0.15, 0.2) is 24.3 Å². The lowest BCUT2D eigenvalue weighted by Crippen LogP contribution is -2.80. The summed E-state index contributed by atoms with van der Waals surface area (Å²) in [7, 11) is 4.84. The minimum atomic E-state index is -1.62. The number of hydroxylamine groups is 3. The van der Waals surface area contributed by atoms with Crippen LogP contribution >= 0.6 is 0 Å². The van der Waals surface area contributed by atoms with Gasteiger partial charge in [-0.05, 0) is 38.3 Å². The second-order valence-electron chi connectivity index (χ2n) is 13.5. The second-order valence-corrected chi connectivity index (χ2v) is 13.5. The molecule has 11 heteroatoms. The SMILES string of the molecule is CC[N@@+]1([O-])[C@@H]2[C@@H]3C[C@@H]4[C@@]2([C@@H](OC)CC[C@]41OC(=O)c1ccccc1NC(C)=O)[C@@H]1C[C@@H]2[C@@H](OC)C[C@@]3(O)[C@@]1(O)[C@H]2OC. The number of anilines is 1. The predicted molar refractivity (Wildman–Crippen MR) is 149 cm³/mol. The van der Waals surface area contributed by atoms with Gasteiger partial charge in [-0.15, -0.1) is 0 Å². The van der Waals surface area contributed by atoms with Crippen molar-refractivity contribution in [2.45, 2.75) is 87.2 Å². The number of ether oxygens (including phenoxy) is 4. The van der Waals surface area contributed by atoms with Crippen LogP contribution in [0, 0.1) is 34.3 Å². The van der Waals surface area contributed by atoms with Crippen LogP contribution in [0.2, 0.25) is 0 Å². The van der Waals surface area contributed by atoms with Crippen molar-refractivity contribution in [1.82, 2.24) is 0 Å². The van der Waals surface area contributed by atoms with Gasteiger partial charge in [0.2, 0.25) is 5.91 Å². The Kier molecular flexibility index (Phi) is 6.11. The topological polar surface area (TPSA) is 147 Å². The summed E-state index contributed by atoms with van der Waals surface area (Å²) in [5.41, 5.74) is -5.01. The molecule has 1 aromatic rings. The molecular formula is C31H42N2O9. The van der Waals surface area contributed by atoms with Crippen molar-refractivity contribution in [2.75, 3.05) is 33.2 Å². The molecule has 42 heavy (non-hydrogen) atoms. The first-order valence-electron chi connectivity index (χ1n) is 15.2. The average Bonchev–Trinajstić information content (AvgIpc) is 3.49. The Bertz CT molecular complexity index is 1330. The van der Waals surface area contributed by atoms with Crippen LogP contribution in [-0.4, -0.2) is 95.9 Å². The Morgan fingerprint density at radius 3 is 2.48 bits per heavy atom. The largest absolute Gasteiger partial charge is 0.630 e. The van der Waals surface area contributed by atoms with Crippen molar-refractivity contribution in [3.8, 4) is 0 Å². The molecule has 1 heterocycles. The van der Waals surface area contributed by atoms with Crippen molar-refractivity contribution in [3.63, 3.8) is 0 Å². The number of carbonyl (C=O) groups excluding carboxylic acids is 2. The van der Waals surface area contributed by atoms with E-state index in [0.29, 0.717) is 31.4 Å². The number of rotatable bonds is 7. The molecule has 1 saturated heterocycles. The third-order valence-corrected chi connectivity index (χ3v) is 12.7. The van der Waals surface area contributed by atoms with Crippen LogP contribution in [-0.2, 0) is 23.7 Å². The number of hydrogen-bond donors (Lipinski definition) is 3. The van der Waals surface area contributed by atoms with Crippen LogP contribution in [0.5, 0.6) is 0 Å². The quantitative estimate of drug-likeness (QED) is 0.249. The molecule has 13 atom stereocenters. The van der Waals surface area contributed by atoms with Crippen molar-refractivity contribution in [3.05, 3.63) is 35.0 Å². The van der Waals surface area contributed by atoms with Crippen LogP contribution < -0.4 is 5.32 Å². The number of carbonyl (C=O) groups is 2. The smallest absolute Gasteiger partial charge is 0.344 e. The van der Waals surface area contributed by atoms with E-state index in [9.17, 15) is 19.8 Å². The third-order valence-electron chi connectivity index (χ3n) is 12.7. The third kappa shape index (κ3) is 2.87. The molecule has 7 bridgehead atoms. The van der Waals surface area contributed by atoms with Gasteiger partial charge in [0.1, 0.15) is 17.2 Å². The Hall–Kier alpha value is -2.12. The standard InChI is InChI=1S/C31H42N2O9/c1-6-33(38)25-19-14-22-29(33,42-27(35)17-9-7-8-10-20(17)32-16(2)34)12-11-24(40-4)30(22,25)23-13-18-21(39-3)15-28(19,36)31(23,37)26(18)41-5/h7-10,18-19,21-26,36-37H,6,11-15H2,1-5H3,(H,32,34)/t18-,19+,21+,22+,23+,24+,25-,26+,28+,29+,30+,31+,33-/m1/s1. The number of para-hydroxylation sites is 1.